The molecule has 1 amide bonds. The number of likely N-dealkylation sites (N-methyl/N-ethyl adjacent to an activating group) is 1. The lowest BCUT2D eigenvalue weighted by Crippen LogP contribution is -2.46. The van der Waals surface area contributed by atoms with E-state index in [1.54, 1.807) is 4.90 Å². The van der Waals surface area contributed by atoms with Crippen molar-refractivity contribution in [2.75, 3.05) is 11.4 Å². The van der Waals surface area contributed by atoms with E-state index in [-0.39, 0.29) is 11.8 Å². The van der Waals surface area contributed by atoms with Crippen molar-refractivity contribution in [3.8, 4) is 0 Å². The first kappa shape index (κ1) is 13.7. The highest BCUT2D eigenvalue weighted by Gasteiger charge is 2.23. The van der Waals surface area contributed by atoms with Crippen molar-refractivity contribution < 1.29 is 4.79 Å². The van der Waals surface area contributed by atoms with Crippen LogP contribution in [0.4, 0.5) is 5.69 Å². The van der Waals surface area contributed by atoms with Crippen LogP contribution >= 0.6 is 0 Å². The maximum Gasteiger partial charge on any atom is 0.244 e. The number of nitrogens with two attached hydrogens (primary N) is 1. The largest absolute Gasteiger partial charge is 0.320 e. The molecule has 0 unspecified atom stereocenters. The van der Waals surface area contributed by atoms with E-state index in [9.17, 15) is 4.79 Å². The lowest BCUT2D eigenvalue weighted by atomic mass is 10.0. The van der Waals surface area contributed by atoms with Gasteiger partial charge in [-0.15, -0.1) is 0 Å². The van der Waals surface area contributed by atoms with Crippen molar-refractivity contribution in [2.24, 2.45) is 11.7 Å². The summed E-state index contributed by atoms with van der Waals surface area (Å²) in [4.78, 5) is 13.9. The number of aryl methyl sites for hydroxylation is 1. The summed E-state index contributed by atoms with van der Waals surface area (Å²) in [5.74, 6) is 0.147. The van der Waals surface area contributed by atoms with Gasteiger partial charge in [0.1, 0.15) is 0 Å². The van der Waals surface area contributed by atoms with E-state index in [1.165, 1.54) is 5.56 Å². The molecule has 3 nitrogen and oxygen atoms in total. The van der Waals surface area contributed by atoms with Crippen LogP contribution in [-0.2, 0) is 4.79 Å². The Labute approximate surface area is 104 Å². The molecular weight excluding hydrogens is 212 g/mol. The van der Waals surface area contributed by atoms with Crippen molar-refractivity contribution in [3.05, 3.63) is 29.8 Å². The van der Waals surface area contributed by atoms with Gasteiger partial charge in [-0.2, -0.15) is 0 Å². The van der Waals surface area contributed by atoms with Crippen molar-refractivity contribution in [1.82, 2.24) is 0 Å². The van der Waals surface area contributed by atoms with E-state index in [0.29, 0.717) is 6.54 Å². The second-order valence-corrected chi connectivity index (χ2v) is 4.69. The Morgan fingerprint density at radius 2 is 1.82 bits per heavy atom. The van der Waals surface area contributed by atoms with Gasteiger partial charge in [0.2, 0.25) is 5.91 Å². The summed E-state index contributed by atoms with van der Waals surface area (Å²) in [6.45, 7) is 8.56. The van der Waals surface area contributed by atoms with Crippen LogP contribution in [0.5, 0.6) is 0 Å². The summed E-state index contributed by atoms with van der Waals surface area (Å²) in [6.07, 6.45) is 0. The minimum atomic E-state index is -0.434. The summed E-state index contributed by atoms with van der Waals surface area (Å²) >= 11 is 0. The molecule has 0 aliphatic carbocycles. The number of nitrogens with zero attached hydrogens (tertiary/aromatic N) is 1. The molecule has 3 heteroatoms. The Bertz CT molecular complexity index is 370. The van der Waals surface area contributed by atoms with Crippen molar-refractivity contribution >= 4 is 11.6 Å². The average Bonchev–Trinajstić information content (AvgIpc) is 2.31. The highest BCUT2D eigenvalue weighted by molar-refractivity contribution is 5.97. The Balaban J connectivity index is 2.91. The predicted octanol–water partition coefficient (Wildman–Crippen LogP) is 2.33. The molecule has 0 saturated carbocycles. The quantitative estimate of drug-likeness (QED) is 0.869. The molecule has 0 radical (unpaired) electrons. The van der Waals surface area contributed by atoms with Gasteiger partial charge in [-0.3, -0.25) is 4.79 Å². The van der Waals surface area contributed by atoms with Gasteiger partial charge in [-0.05, 0) is 31.9 Å². The number of hydrogen-bond acceptors (Lipinski definition) is 2. The van der Waals surface area contributed by atoms with E-state index in [1.807, 2.05) is 52.0 Å². The third-order valence-electron chi connectivity index (χ3n) is 2.93. The topological polar surface area (TPSA) is 46.3 Å². The Morgan fingerprint density at radius 1 is 1.29 bits per heavy atom. The predicted molar refractivity (Wildman–Crippen MR) is 72.0 cm³/mol. The molecule has 0 heterocycles. The van der Waals surface area contributed by atoms with Gasteiger partial charge in [0.25, 0.3) is 0 Å². The lowest BCUT2D eigenvalue weighted by Gasteiger charge is -2.26. The van der Waals surface area contributed by atoms with Crippen LogP contribution in [-0.4, -0.2) is 18.5 Å². The third kappa shape index (κ3) is 3.30. The number of carbonyl (C=O) groups is 1. The highest BCUT2D eigenvalue weighted by Crippen LogP contribution is 2.17. The molecule has 1 aromatic rings. The second kappa shape index (κ2) is 5.82. The van der Waals surface area contributed by atoms with Crippen LogP contribution in [0.3, 0.4) is 0 Å². The Kier molecular flexibility index (Phi) is 4.70. The van der Waals surface area contributed by atoms with Gasteiger partial charge in [-0.25, -0.2) is 0 Å². The first-order chi connectivity index (χ1) is 7.97. The molecule has 1 aromatic carbocycles. The maximum absolute atomic E-state index is 12.2. The second-order valence-electron chi connectivity index (χ2n) is 4.69. The minimum Gasteiger partial charge on any atom is -0.320 e. The van der Waals surface area contributed by atoms with E-state index in [4.69, 9.17) is 5.73 Å². The van der Waals surface area contributed by atoms with E-state index in [2.05, 4.69) is 0 Å². The molecule has 0 aromatic heterocycles. The van der Waals surface area contributed by atoms with Gasteiger partial charge in [0, 0.05) is 12.2 Å². The zero-order chi connectivity index (χ0) is 13.0. The minimum absolute atomic E-state index is 0.00801. The lowest BCUT2D eigenvalue weighted by molar-refractivity contribution is -0.120. The van der Waals surface area contributed by atoms with Crippen LogP contribution in [0.2, 0.25) is 0 Å². The SMILES string of the molecule is CCN(C(=O)[C@H](N)C(C)C)c1ccc(C)cc1. The monoisotopic (exact) mass is 234 g/mol. The summed E-state index contributed by atoms with van der Waals surface area (Å²) in [5, 5.41) is 0. The molecule has 1 atom stereocenters. The van der Waals surface area contributed by atoms with Crippen LogP contribution in [0.1, 0.15) is 26.3 Å². The molecule has 0 aliphatic heterocycles. The number of amides is 1. The zero-order valence-electron chi connectivity index (χ0n) is 11.1. The number of hydrogen-bond donors (Lipinski definition) is 1. The number of benzene rings is 1. The van der Waals surface area contributed by atoms with Gasteiger partial charge in [0.05, 0.1) is 6.04 Å². The van der Waals surface area contributed by atoms with Gasteiger partial charge < -0.3 is 10.6 Å². The van der Waals surface area contributed by atoms with Crippen LogP contribution in [0, 0.1) is 12.8 Å². The maximum atomic E-state index is 12.2. The first-order valence-corrected chi connectivity index (χ1v) is 6.11. The number of anilines is 1. The molecule has 0 bridgehead atoms. The fraction of sp³-hybridized carbons (Fsp3) is 0.500. The number of rotatable bonds is 4. The molecular formula is C14H22N2O. The van der Waals surface area contributed by atoms with Crippen molar-refractivity contribution in [2.45, 2.75) is 33.7 Å². The molecule has 0 aliphatic rings. The van der Waals surface area contributed by atoms with Crippen molar-refractivity contribution in [3.63, 3.8) is 0 Å². The molecule has 0 saturated heterocycles. The standard InChI is InChI=1S/C14H22N2O/c1-5-16(14(17)13(15)10(2)3)12-8-6-11(4)7-9-12/h6-10,13H,5,15H2,1-4H3/t13-/m1/s1. The van der Waals surface area contributed by atoms with E-state index in [0.717, 1.165) is 5.69 Å². The zero-order valence-corrected chi connectivity index (χ0v) is 11.1. The normalized spacial score (nSPS) is 12.6. The molecule has 0 fully saturated rings. The Morgan fingerprint density at radius 3 is 2.24 bits per heavy atom. The van der Waals surface area contributed by atoms with Gasteiger partial charge in [-0.1, -0.05) is 31.5 Å². The molecule has 0 spiro atoms. The van der Waals surface area contributed by atoms with E-state index >= 15 is 0 Å². The van der Waals surface area contributed by atoms with Crippen molar-refractivity contribution in [1.29, 1.82) is 0 Å². The molecule has 17 heavy (non-hydrogen) atoms. The van der Waals surface area contributed by atoms with Gasteiger partial charge in [0.15, 0.2) is 0 Å². The smallest absolute Gasteiger partial charge is 0.244 e. The fourth-order valence-electron chi connectivity index (χ4n) is 1.66. The van der Waals surface area contributed by atoms with Crippen LogP contribution in [0.25, 0.3) is 0 Å². The third-order valence-corrected chi connectivity index (χ3v) is 2.93. The molecule has 94 valence electrons. The fourth-order valence-corrected chi connectivity index (χ4v) is 1.66. The Hall–Kier alpha value is -1.35. The highest BCUT2D eigenvalue weighted by atomic mass is 16.2. The number of carbonyl (C=O) groups excluding carboxylic acids is 1. The van der Waals surface area contributed by atoms with Crippen LogP contribution < -0.4 is 10.6 Å². The van der Waals surface area contributed by atoms with Gasteiger partial charge >= 0.3 is 0 Å². The summed E-state index contributed by atoms with van der Waals surface area (Å²) < 4.78 is 0. The first-order valence-electron chi connectivity index (χ1n) is 6.11. The molecule has 1 rings (SSSR count). The summed E-state index contributed by atoms with van der Waals surface area (Å²) in [6, 6.07) is 7.50. The summed E-state index contributed by atoms with van der Waals surface area (Å²) in [5.41, 5.74) is 8.01. The molecule has 2 N–H and O–H groups in total. The van der Waals surface area contributed by atoms with E-state index < -0.39 is 6.04 Å². The average molecular weight is 234 g/mol. The van der Waals surface area contributed by atoms with Crippen LogP contribution in [0.15, 0.2) is 24.3 Å². The summed E-state index contributed by atoms with van der Waals surface area (Å²) in [7, 11) is 0.